The minimum Gasteiger partial charge on any atom is -0.756 e. The van der Waals surface area contributed by atoms with Crippen molar-refractivity contribution in [2.75, 3.05) is 40.9 Å². The molecule has 0 spiro atoms. The van der Waals surface area contributed by atoms with Gasteiger partial charge in [-0.1, -0.05) is 233 Å². The summed E-state index contributed by atoms with van der Waals surface area (Å²) in [6.07, 6.45) is 70.0. The smallest absolute Gasteiger partial charge is 0.268 e. The molecule has 0 aliphatic carbocycles. The fraction of sp³-hybridized carbons (Fsp3) is 0.712. The third-order valence-electron chi connectivity index (χ3n) is 11.8. The van der Waals surface area contributed by atoms with Crippen LogP contribution in [0.1, 0.15) is 219 Å². The Hall–Kier alpha value is -2.58. The SMILES string of the molecule is CC/C=C\C/C=C\C/C=C\C/C=C\C/C=C\C/C=C\C/C=C\C/C=C\CCCCCCC(=O)NC(COP(=O)([O-])OCC[N+](C)(C)C)C(O)CCCCCCCCCCCCCCCCCCC. The number of allylic oxidation sites excluding steroid dienone is 16. The fourth-order valence-electron chi connectivity index (χ4n) is 7.53. The van der Waals surface area contributed by atoms with Crippen LogP contribution < -0.4 is 10.2 Å². The summed E-state index contributed by atoms with van der Waals surface area (Å²) in [5, 5.41) is 14.0. The van der Waals surface area contributed by atoms with Crippen molar-refractivity contribution in [2.24, 2.45) is 0 Å². The van der Waals surface area contributed by atoms with Gasteiger partial charge in [0.2, 0.25) is 5.91 Å². The molecule has 0 radical (unpaired) electrons. The summed E-state index contributed by atoms with van der Waals surface area (Å²) in [6, 6.07) is -0.822. The van der Waals surface area contributed by atoms with Gasteiger partial charge in [0.1, 0.15) is 13.2 Å². The Balaban J connectivity index is 4.30. The van der Waals surface area contributed by atoms with E-state index in [1.165, 1.54) is 89.9 Å². The third kappa shape index (κ3) is 51.3. The summed E-state index contributed by atoms with van der Waals surface area (Å²) in [4.78, 5) is 25.5. The molecule has 1 amide bonds. The van der Waals surface area contributed by atoms with Gasteiger partial charge in [0.15, 0.2) is 0 Å². The number of aliphatic hydroxyl groups excluding tert-OH is 1. The number of carbonyl (C=O) groups excluding carboxylic acids is 1. The van der Waals surface area contributed by atoms with Gasteiger partial charge in [-0.15, -0.1) is 0 Å². The van der Waals surface area contributed by atoms with E-state index in [9.17, 15) is 19.4 Å². The van der Waals surface area contributed by atoms with Crippen LogP contribution in [-0.2, 0) is 18.4 Å². The Morgan fingerprint density at radius 2 is 0.897 bits per heavy atom. The molecule has 0 rings (SSSR count). The van der Waals surface area contributed by atoms with Gasteiger partial charge in [0, 0.05) is 6.42 Å². The van der Waals surface area contributed by atoms with E-state index in [1.807, 2.05) is 21.1 Å². The van der Waals surface area contributed by atoms with E-state index in [1.54, 1.807) is 0 Å². The molecule has 392 valence electrons. The summed E-state index contributed by atoms with van der Waals surface area (Å²) < 4.78 is 23.4. The number of quaternary nitrogens is 1. The van der Waals surface area contributed by atoms with Gasteiger partial charge in [-0.3, -0.25) is 9.36 Å². The van der Waals surface area contributed by atoms with Gasteiger partial charge < -0.3 is 28.8 Å². The molecule has 0 saturated carbocycles. The number of amides is 1. The number of unbranched alkanes of at least 4 members (excludes halogenated alkanes) is 20. The molecule has 0 bridgehead atoms. The number of hydrogen-bond acceptors (Lipinski definition) is 6. The van der Waals surface area contributed by atoms with Crippen molar-refractivity contribution in [3.8, 4) is 0 Å². The Bertz CT molecular complexity index is 1420. The second-order valence-corrected chi connectivity index (χ2v) is 21.0. The number of hydrogen-bond donors (Lipinski definition) is 2. The normalized spacial score (nSPS) is 14.8. The van der Waals surface area contributed by atoms with Gasteiger partial charge in [0.25, 0.3) is 7.82 Å². The quantitative estimate of drug-likeness (QED) is 0.0272. The highest BCUT2D eigenvalue weighted by Crippen LogP contribution is 2.38. The zero-order valence-corrected chi connectivity index (χ0v) is 45.4. The number of rotatable bonds is 49. The van der Waals surface area contributed by atoms with E-state index >= 15 is 0 Å². The zero-order valence-electron chi connectivity index (χ0n) is 44.5. The van der Waals surface area contributed by atoms with E-state index in [0.29, 0.717) is 23.9 Å². The Morgan fingerprint density at radius 3 is 1.31 bits per heavy atom. The maximum Gasteiger partial charge on any atom is 0.268 e. The molecule has 0 aromatic carbocycles. The largest absolute Gasteiger partial charge is 0.756 e. The van der Waals surface area contributed by atoms with E-state index in [2.05, 4.69) is 116 Å². The third-order valence-corrected chi connectivity index (χ3v) is 12.8. The maximum atomic E-state index is 13.0. The van der Waals surface area contributed by atoms with E-state index in [0.717, 1.165) is 103 Å². The standard InChI is InChI=1S/C59H105N2O6P/c1-6-8-10-12-14-16-18-20-22-24-25-26-27-28-29-30-31-32-33-34-35-37-39-41-43-45-47-49-51-53-59(63)60-57(56-67-68(64,65)66-55-54-61(3,4)5)58(62)52-50-48-46-44-42-40-38-36-23-21-19-17-15-13-11-9-7-2/h8,10,14,16,20,22,25-26,28-29,31-32,34-35,39,41,57-58,62H,6-7,9,11-13,15,17-19,21,23-24,27,30,33,36-38,40,42-56H2,1-5H3,(H-,60,63,64,65)/b10-8-,16-14-,22-20-,26-25-,29-28-,32-31-,35-34-,41-39-. The minimum atomic E-state index is -4.59. The Kier molecular flexibility index (Phi) is 47.5. The number of carbonyl (C=O) groups is 1. The molecule has 8 nitrogen and oxygen atoms in total. The number of phosphoric acid groups is 1. The summed E-state index contributed by atoms with van der Waals surface area (Å²) in [6.45, 7) is 4.58. The predicted molar refractivity (Wildman–Crippen MR) is 293 cm³/mol. The lowest BCUT2D eigenvalue weighted by Crippen LogP contribution is -2.46. The number of likely N-dealkylation sites (N-methyl/N-ethyl adjacent to an activating group) is 1. The van der Waals surface area contributed by atoms with Crippen LogP contribution in [0.3, 0.4) is 0 Å². The molecular formula is C59H105N2O6P. The molecule has 3 unspecified atom stereocenters. The van der Waals surface area contributed by atoms with Gasteiger partial charge in [-0.2, -0.15) is 0 Å². The van der Waals surface area contributed by atoms with Gasteiger partial charge in [-0.05, 0) is 77.0 Å². The Morgan fingerprint density at radius 1 is 0.529 bits per heavy atom. The highest BCUT2D eigenvalue weighted by Gasteiger charge is 2.24. The first kappa shape index (κ1) is 65.4. The highest BCUT2D eigenvalue weighted by atomic mass is 31.2. The molecule has 3 atom stereocenters. The van der Waals surface area contributed by atoms with Gasteiger partial charge in [0.05, 0.1) is 39.9 Å². The molecule has 0 fully saturated rings. The second kappa shape index (κ2) is 49.4. The van der Waals surface area contributed by atoms with Crippen LogP contribution in [0.5, 0.6) is 0 Å². The molecule has 0 aliphatic rings. The highest BCUT2D eigenvalue weighted by molar-refractivity contribution is 7.45. The zero-order chi connectivity index (χ0) is 49.9. The predicted octanol–water partition coefficient (Wildman–Crippen LogP) is 16.0. The monoisotopic (exact) mass is 969 g/mol. The van der Waals surface area contributed by atoms with Crippen LogP contribution in [0.25, 0.3) is 0 Å². The lowest BCUT2D eigenvalue weighted by molar-refractivity contribution is -0.870. The number of aliphatic hydroxyl groups is 1. The van der Waals surface area contributed by atoms with E-state index in [4.69, 9.17) is 9.05 Å². The topological polar surface area (TPSA) is 108 Å². The average Bonchev–Trinajstić information content (AvgIpc) is 3.30. The lowest BCUT2D eigenvalue weighted by Gasteiger charge is -2.30. The van der Waals surface area contributed by atoms with Crippen LogP contribution in [-0.4, -0.2) is 68.5 Å². The average molecular weight is 969 g/mol. The van der Waals surface area contributed by atoms with E-state index in [-0.39, 0.29) is 19.1 Å². The molecule has 0 heterocycles. The summed E-state index contributed by atoms with van der Waals surface area (Å²) in [5.74, 6) is -0.192. The first-order valence-corrected chi connectivity index (χ1v) is 29.0. The molecule has 2 N–H and O–H groups in total. The van der Waals surface area contributed by atoms with Gasteiger partial charge in [-0.25, -0.2) is 0 Å². The molecule has 68 heavy (non-hydrogen) atoms. The van der Waals surface area contributed by atoms with Crippen LogP contribution in [0.4, 0.5) is 0 Å². The van der Waals surface area contributed by atoms with Crippen molar-refractivity contribution in [2.45, 2.75) is 231 Å². The van der Waals surface area contributed by atoms with Crippen molar-refractivity contribution in [1.29, 1.82) is 0 Å². The minimum absolute atomic E-state index is 0.00167. The fourth-order valence-corrected chi connectivity index (χ4v) is 8.25. The van der Waals surface area contributed by atoms with Crippen LogP contribution in [0, 0.1) is 0 Å². The van der Waals surface area contributed by atoms with Crippen molar-refractivity contribution in [3.05, 3.63) is 97.2 Å². The molecular weight excluding hydrogens is 864 g/mol. The van der Waals surface area contributed by atoms with Crippen molar-refractivity contribution in [3.63, 3.8) is 0 Å². The van der Waals surface area contributed by atoms with E-state index < -0.39 is 20.0 Å². The molecule has 0 aromatic heterocycles. The lowest BCUT2D eigenvalue weighted by atomic mass is 10.0. The summed E-state index contributed by atoms with van der Waals surface area (Å²) >= 11 is 0. The number of phosphoric ester groups is 1. The van der Waals surface area contributed by atoms with Crippen LogP contribution in [0.2, 0.25) is 0 Å². The number of nitrogens with one attached hydrogen (secondary N) is 1. The van der Waals surface area contributed by atoms with Gasteiger partial charge >= 0.3 is 0 Å². The van der Waals surface area contributed by atoms with Crippen molar-refractivity contribution in [1.82, 2.24) is 5.32 Å². The maximum absolute atomic E-state index is 13.0. The Labute approximate surface area is 419 Å². The second-order valence-electron chi connectivity index (χ2n) is 19.6. The summed E-state index contributed by atoms with van der Waals surface area (Å²) in [7, 11) is 1.27. The molecule has 0 aliphatic heterocycles. The van der Waals surface area contributed by atoms with Crippen molar-refractivity contribution >= 4 is 13.7 Å². The summed E-state index contributed by atoms with van der Waals surface area (Å²) in [5.41, 5.74) is 0. The first-order valence-electron chi connectivity index (χ1n) is 27.6. The van der Waals surface area contributed by atoms with Crippen molar-refractivity contribution < 1.29 is 32.9 Å². The number of nitrogens with zero attached hydrogens (tertiary/aromatic N) is 1. The molecule has 0 saturated heterocycles. The first-order chi connectivity index (χ1) is 33.0. The van der Waals surface area contributed by atoms with Crippen LogP contribution in [0.15, 0.2) is 97.2 Å². The molecule has 9 heteroatoms. The van der Waals surface area contributed by atoms with Crippen LogP contribution >= 0.6 is 7.82 Å². The molecule has 0 aromatic rings.